The summed E-state index contributed by atoms with van der Waals surface area (Å²) < 4.78 is 41.4. The Balaban J connectivity index is 1.31. The van der Waals surface area contributed by atoms with E-state index in [9.17, 15) is 18.2 Å². The molecule has 12 heteroatoms. The van der Waals surface area contributed by atoms with Gasteiger partial charge in [0.25, 0.3) is 0 Å². The Kier molecular flexibility index (Phi) is 8.33. The zero-order valence-electron chi connectivity index (χ0n) is 27.3. The molecule has 1 aliphatic carbocycles. The molecule has 0 radical (unpaired) electrons. The average molecular weight is 652 g/mol. The number of pyridine rings is 2. The number of nitrogens with one attached hydrogen (secondary N) is 2. The summed E-state index contributed by atoms with van der Waals surface area (Å²) in [5.41, 5.74) is 1.38. The second kappa shape index (κ2) is 11.9. The molecule has 0 spiro atoms. The molecule has 4 heterocycles. The molecular formula is C34H42FN5O5S. The van der Waals surface area contributed by atoms with Crippen LogP contribution >= 0.6 is 0 Å². The number of aromatic nitrogens is 2. The Morgan fingerprint density at radius 3 is 2.57 bits per heavy atom. The maximum absolute atomic E-state index is 13.4. The second-order valence-electron chi connectivity index (χ2n) is 14.0. The number of fused-ring (bicyclic) bond motifs is 2. The lowest BCUT2D eigenvalue weighted by Gasteiger charge is -2.39. The maximum atomic E-state index is 13.4. The van der Waals surface area contributed by atoms with Crippen LogP contribution in [0.4, 0.5) is 16.0 Å². The van der Waals surface area contributed by atoms with Gasteiger partial charge in [0, 0.05) is 23.5 Å². The van der Waals surface area contributed by atoms with Crippen molar-refractivity contribution in [3.8, 4) is 5.75 Å². The van der Waals surface area contributed by atoms with Crippen molar-refractivity contribution < 1.29 is 27.7 Å². The van der Waals surface area contributed by atoms with Crippen molar-refractivity contribution >= 4 is 45.3 Å². The van der Waals surface area contributed by atoms with Crippen LogP contribution in [0.3, 0.4) is 0 Å². The number of amides is 1. The van der Waals surface area contributed by atoms with E-state index in [1.807, 2.05) is 66.7 Å². The molecule has 46 heavy (non-hydrogen) atoms. The van der Waals surface area contributed by atoms with Crippen LogP contribution < -0.4 is 14.8 Å². The number of alkyl halides is 1. The first-order chi connectivity index (χ1) is 21.7. The third-order valence-corrected chi connectivity index (χ3v) is 10.8. The largest absolute Gasteiger partial charge is 0.486 e. The van der Waals surface area contributed by atoms with Crippen molar-refractivity contribution in [1.29, 1.82) is 0 Å². The summed E-state index contributed by atoms with van der Waals surface area (Å²) in [5, 5.41) is 4.95. The number of anilines is 2. The van der Waals surface area contributed by atoms with Gasteiger partial charge in [0.15, 0.2) is 0 Å². The molecule has 0 bridgehead atoms. The SMILES string of the molecule is CCC(N[S@@](=O)C(C)(C)C)c1ccc(OC2CN(C(=O)[C@@H]3C[C@@H]3F)C2)c2cnc(Nc3ccc4c(n3)[C@@H](C)C(C)(C)OC4=O)cc12. The van der Waals surface area contributed by atoms with E-state index in [4.69, 9.17) is 14.5 Å². The lowest BCUT2D eigenvalue weighted by atomic mass is 9.84. The predicted octanol–water partition coefficient (Wildman–Crippen LogP) is 5.88. The summed E-state index contributed by atoms with van der Waals surface area (Å²) >= 11 is 0. The topological polar surface area (TPSA) is 123 Å². The molecular weight excluding hydrogens is 609 g/mol. The number of cyclic esters (lactones) is 1. The molecule has 2 aromatic heterocycles. The highest BCUT2D eigenvalue weighted by atomic mass is 32.2. The smallest absolute Gasteiger partial charge is 0.340 e. The average Bonchev–Trinajstić information content (AvgIpc) is 3.71. The molecule has 2 aliphatic heterocycles. The van der Waals surface area contributed by atoms with Crippen LogP contribution in [0, 0.1) is 5.92 Å². The first-order valence-electron chi connectivity index (χ1n) is 15.9. The van der Waals surface area contributed by atoms with Gasteiger partial charge in [0.2, 0.25) is 5.91 Å². The fourth-order valence-electron chi connectivity index (χ4n) is 5.80. The van der Waals surface area contributed by atoms with Crippen LogP contribution in [0.1, 0.15) is 94.9 Å². The molecule has 2 N–H and O–H groups in total. The van der Waals surface area contributed by atoms with Crippen LogP contribution in [0.2, 0.25) is 0 Å². The molecule has 1 saturated heterocycles. The summed E-state index contributed by atoms with van der Waals surface area (Å²) in [6.45, 7) is 14.4. The number of hydrogen-bond donors (Lipinski definition) is 2. The molecule has 5 atom stereocenters. The summed E-state index contributed by atoms with van der Waals surface area (Å²) in [4.78, 5) is 36.1. The highest BCUT2D eigenvalue weighted by Crippen LogP contribution is 2.40. The third-order valence-electron chi connectivity index (χ3n) is 9.18. The van der Waals surface area contributed by atoms with Crippen LogP contribution in [0.15, 0.2) is 36.5 Å². The van der Waals surface area contributed by atoms with Gasteiger partial charge in [-0.05, 0) is 82.7 Å². The van der Waals surface area contributed by atoms with Gasteiger partial charge < -0.3 is 19.7 Å². The number of nitrogens with zero attached hydrogens (tertiary/aromatic N) is 3. The molecule has 3 aliphatic rings. The number of likely N-dealkylation sites (tertiary alicyclic amines) is 1. The maximum Gasteiger partial charge on any atom is 0.340 e. The Labute approximate surface area is 271 Å². The number of hydrogen-bond acceptors (Lipinski definition) is 8. The zero-order valence-corrected chi connectivity index (χ0v) is 28.2. The van der Waals surface area contributed by atoms with E-state index in [0.717, 1.165) is 16.3 Å². The number of carbonyl (C=O) groups excluding carboxylic acids is 2. The highest BCUT2D eigenvalue weighted by molar-refractivity contribution is 7.84. The normalized spacial score (nSPS) is 23.6. The summed E-state index contributed by atoms with van der Waals surface area (Å²) in [6, 6.07) is 9.04. The Bertz CT molecular complexity index is 1720. The lowest BCUT2D eigenvalue weighted by molar-refractivity contribution is -0.141. The van der Waals surface area contributed by atoms with E-state index in [1.54, 1.807) is 23.2 Å². The van der Waals surface area contributed by atoms with Crippen molar-refractivity contribution in [1.82, 2.24) is 19.6 Å². The number of esters is 1. The number of ether oxygens (including phenoxy) is 2. The summed E-state index contributed by atoms with van der Waals surface area (Å²) in [7, 11) is -1.30. The van der Waals surface area contributed by atoms with Crippen molar-refractivity contribution in [2.45, 2.75) is 95.9 Å². The molecule has 246 valence electrons. The van der Waals surface area contributed by atoms with E-state index in [1.165, 1.54) is 0 Å². The number of halogens is 1. The molecule has 1 saturated carbocycles. The summed E-state index contributed by atoms with van der Waals surface area (Å²) in [6.07, 6.45) is 1.51. The molecule has 2 fully saturated rings. The van der Waals surface area contributed by atoms with Crippen LogP contribution in [-0.2, 0) is 20.5 Å². The Morgan fingerprint density at radius 1 is 1.20 bits per heavy atom. The van der Waals surface area contributed by atoms with Gasteiger partial charge in [-0.25, -0.2) is 28.1 Å². The van der Waals surface area contributed by atoms with Gasteiger partial charge in [0.1, 0.15) is 35.3 Å². The van der Waals surface area contributed by atoms with E-state index in [0.29, 0.717) is 54.6 Å². The van der Waals surface area contributed by atoms with Crippen LogP contribution in [0.5, 0.6) is 5.75 Å². The highest BCUT2D eigenvalue weighted by Gasteiger charge is 2.48. The monoisotopic (exact) mass is 651 g/mol. The number of rotatable bonds is 9. The fourth-order valence-corrected chi connectivity index (χ4v) is 6.71. The Morgan fingerprint density at radius 2 is 1.91 bits per heavy atom. The fraction of sp³-hybridized carbons (Fsp3) is 0.529. The van der Waals surface area contributed by atoms with E-state index >= 15 is 0 Å². The molecule has 3 aromatic rings. The van der Waals surface area contributed by atoms with Gasteiger partial charge in [-0.3, -0.25) is 4.79 Å². The number of benzene rings is 1. The van der Waals surface area contributed by atoms with Gasteiger partial charge >= 0.3 is 5.97 Å². The van der Waals surface area contributed by atoms with Gasteiger partial charge in [0.05, 0.1) is 46.0 Å². The zero-order chi connectivity index (χ0) is 33.1. The Hall–Kier alpha value is -3.64. The van der Waals surface area contributed by atoms with Crippen molar-refractivity contribution in [3.63, 3.8) is 0 Å². The minimum absolute atomic E-state index is 0.113. The molecule has 10 nitrogen and oxygen atoms in total. The summed E-state index contributed by atoms with van der Waals surface area (Å²) in [5.74, 6) is 0.571. The van der Waals surface area contributed by atoms with E-state index in [2.05, 4.69) is 15.0 Å². The molecule has 1 amide bonds. The van der Waals surface area contributed by atoms with Gasteiger partial charge in [-0.1, -0.05) is 19.9 Å². The van der Waals surface area contributed by atoms with E-state index in [-0.39, 0.29) is 29.9 Å². The van der Waals surface area contributed by atoms with Crippen molar-refractivity contribution in [2.75, 3.05) is 18.4 Å². The first kappa shape index (κ1) is 32.3. The van der Waals surface area contributed by atoms with Gasteiger partial charge in [-0.2, -0.15) is 0 Å². The van der Waals surface area contributed by atoms with Crippen molar-refractivity contribution in [3.05, 3.63) is 53.3 Å². The quantitative estimate of drug-likeness (QED) is 0.275. The van der Waals surface area contributed by atoms with Crippen LogP contribution in [0.25, 0.3) is 10.8 Å². The molecule has 1 aromatic carbocycles. The predicted molar refractivity (Wildman–Crippen MR) is 175 cm³/mol. The second-order valence-corrected chi connectivity index (χ2v) is 16.0. The minimum atomic E-state index is -1.30. The van der Waals surface area contributed by atoms with E-state index < -0.39 is 33.4 Å². The first-order valence-corrected chi connectivity index (χ1v) is 17.0. The lowest BCUT2D eigenvalue weighted by Crippen LogP contribution is -2.56. The third kappa shape index (κ3) is 6.21. The minimum Gasteiger partial charge on any atom is -0.486 e. The van der Waals surface area contributed by atoms with Crippen molar-refractivity contribution in [2.24, 2.45) is 5.92 Å². The molecule has 6 rings (SSSR count). The van der Waals surface area contributed by atoms with Crippen LogP contribution in [-0.4, -0.2) is 66.7 Å². The van der Waals surface area contributed by atoms with Gasteiger partial charge in [-0.15, -0.1) is 0 Å². The standard InChI is InChI=1S/C34H42FN5O5S/c1-8-26(39-46(43)33(3,4)5)20-9-11-27(44-19-16-40(17-19)31(41)23-13-25(23)35)24-15-36-29(14-22(20)24)37-28-12-10-21-30(38-28)18(2)34(6,7)45-32(21)42/h9-12,14-15,18-19,23,25-26,39H,8,13,16-17H2,1-7H3,(H,36,37,38)/t18-,23-,25+,26?,46+/m1/s1. The molecule has 1 unspecified atom stereocenters. The number of carbonyl (C=O) groups is 2.